The molecular weight excluding hydrogens is 228 g/mol. The van der Waals surface area contributed by atoms with E-state index in [1.807, 2.05) is 0 Å². The van der Waals surface area contributed by atoms with Gasteiger partial charge in [-0.2, -0.15) is 0 Å². The molecule has 0 radical (unpaired) electrons. The molecule has 1 unspecified atom stereocenters. The number of oxazole rings is 1. The largest absolute Gasteiger partial charge is 0.477 e. The lowest BCUT2D eigenvalue weighted by Crippen LogP contribution is -2.16. The van der Waals surface area contributed by atoms with Gasteiger partial charge in [-0.3, -0.25) is 0 Å². The Morgan fingerprint density at radius 1 is 1.69 bits per heavy atom. The third-order valence-electron chi connectivity index (χ3n) is 2.63. The number of aromatic nitrogens is 1. The minimum atomic E-state index is -0.934. The highest BCUT2D eigenvalue weighted by atomic mass is 32.1. The highest BCUT2D eigenvalue weighted by Crippen LogP contribution is 2.42. The van der Waals surface area contributed by atoms with Gasteiger partial charge in [-0.15, -0.1) is 11.3 Å². The van der Waals surface area contributed by atoms with E-state index in [0.717, 1.165) is 21.9 Å². The lowest BCUT2D eigenvalue weighted by Gasteiger charge is -2.16. The molecule has 0 saturated carbocycles. The number of nitrogens with zero attached hydrogens (tertiary/aromatic N) is 1. The van der Waals surface area contributed by atoms with Gasteiger partial charge in [0, 0.05) is 12.5 Å². The van der Waals surface area contributed by atoms with Crippen LogP contribution in [0.3, 0.4) is 0 Å². The highest BCUT2D eigenvalue weighted by Gasteiger charge is 2.29. The van der Waals surface area contributed by atoms with Crippen molar-refractivity contribution in [2.45, 2.75) is 12.5 Å². The molecule has 2 aromatic heterocycles. The van der Waals surface area contributed by atoms with Gasteiger partial charge < -0.3 is 15.3 Å². The first-order valence-corrected chi connectivity index (χ1v) is 5.54. The molecule has 6 heteroatoms. The number of hydrogen-bond donors (Lipinski definition) is 2. The summed E-state index contributed by atoms with van der Waals surface area (Å²) >= 11 is 1.19. The smallest absolute Gasteiger partial charge is 0.345 e. The van der Waals surface area contributed by atoms with Gasteiger partial charge >= 0.3 is 5.97 Å². The summed E-state index contributed by atoms with van der Waals surface area (Å²) in [5, 5.41) is 8.94. The Labute approximate surface area is 94.5 Å². The molecule has 3 rings (SSSR count). The minimum Gasteiger partial charge on any atom is -0.477 e. The third kappa shape index (κ3) is 1.20. The molecule has 2 aromatic rings. The third-order valence-corrected chi connectivity index (χ3v) is 3.78. The molecule has 16 heavy (non-hydrogen) atoms. The lowest BCUT2D eigenvalue weighted by molar-refractivity contribution is 0.0702. The zero-order valence-corrected chi connectivity index (χ0v) is 8.95. The average Bonchev–Trinajstić information content (AvgIpc) is 2.80. The monoisotopic (exact) mass is 236 g/mol. The number of nitrogens with two attached hydrogens (primary N) is 1. The lowest BCUT2D eigenvalue weighted by atomic mass is 9.96. The number of rotatable bonds is 1. The van der Waals surface area contributed by atoms with Crippen LogP contribution in [0.15, 0.2) is 16.9 Å². The van der Waals surface area contributed by atoms with Crippen molar-refractivity contribution in [3.05, 3.63) is 28.7 Å². The van der Waals surface area contributed by atoms with Crippen molar-refractivity contribution < 1.29 is 14.3 Å². The van der Waals surface area contributed by atoms with E-state index in [1.54, 1.807) is 6.07 Å². The Bertz CT molecular complexity index is 572. The van der Waals surface area contributed by atoms with Crippen molar-refractivity contribution in [2.24, 2.45) is 5.73 Å². The van der Waals surface area contributed by atoms with Crippen molar-refractivity contribution in [3.63, 3.8) is 0 Å². The normalized spacial score (nSPS) is 17.9. The van der Waals surface area contributed by atoms with E-state index < -0.39 is 5.97 Å². The maximum atomic E-state index is 10.9. The van der Waals surface area contributed by atoms with Crippen molar-refractivity contribution in [1.29, 1.82) is 0 Å². The second-order valence-electron chi connectivity index (χ2n) is 3.64. The zero-order chi connectivity index (χ0) is 11.3. The van der Waals surface area contributed by atoms with Crippen molar-refractivity contribution >= 4 is 17.3 Å². The van der Waals surface area contributed by atoms with E-state index in [4.69, 9.17) is 15.3 Å². The Morgan fingerprint density at radius 2 is 2.50 bits per heavy atom. The molecule has 1 aliphatic carbocycles. The van der Waals surface area contributed by atoms with Crippen LogP contribution in [0.5, 0.6) is 0 Å². The predicted molar refractivity (Wildman–Crippen MR) is 57.4 cm³/mol. The van der Waals surface area contributed by atoms with Gasteiger partial charge in [0.15, 0.2) is 6.39 Å². The fraction of sp³-hybridized carbons (Fsp3) is 0.200. The Morgan fingerprint density at radius 3 is 3.25 bits per heavy atom. The molecule has 0 spiro atoms. The van der Waals surface area contributed by atoms with Crippen LogP contribution >= 0.6 is 11.3 Å². The molecule has 1 atom stereocenters. The van der Waals surface area contributed by atoms with E-state index in [2.05, 4.69) is 4.98 Å². The summed E-state index contributed by atoms with van der Waals surface area (Å²) in [6.07, 6.45) is 1.94. The molecule has 82 valence electrons. The van der Waals surface area contributed by atoms with Gasteiger partial charge in [-0.1, -0.05) is 0 Å². The van der Waals surface area contributed by atoms with Crippen molar-refractivity contribution in [1.82, 2.24) is 4.98 Å². The zero-order valence-electron chi connectivity index (χ0n) is 8.14. The summed E-state index contributed by atoms with van der Waals surface area (Å²) in [6, 6.07) is 1.42. The Kier molecular flexibility index (Phi) is 1.89. The fourth-order valence-electron chi connectivity index (χ4n) is 1.88. The highest BCUT2D eigenvalue weighted by molar-refractivity contribution is 7.17. The summed E-state index contributed by atoms with van der Waals surface area (Å²) in [4.78, 5) is 16.1. The molecule has 0 amide bonds. The summed E-state index contributed by atoms with van der Waals surface area (Å²) in [6.45, 7) is 0. The molecule has 2 heterocycles. The van der Waals surface area contributed by atoms with Crippen LogP contribution in [0.1, 0.15) is 27.0 Å². The van der Waals surface area contributed by atoms with Gasteiger partial charge in [-0.25, -0.2) is 9.78 Å². The maximum absolute atomic E-state index is 10.9. The van der Waals surface area contributed by atoms with Gasteiger partial charge in [0.25, 0.3) is 0 Å². The second kappa shape index (κ2) is 3.16. The second-order valence-corrected chi connectivity index (χ2v) is 4.69. The first kappa shape index (κ1) is 9.56. The number of hydrogen-bond acceptors (Lipinski definition) is 5. The first-order chi connectivity index (χ1) is 7.66. The molecular formula is C10H8N2O3S. The van der Waals surface area contributed by atoms with E-state index in [-0.39, 0.29) is 10.9 Å². The molecule has 1 aliphatic rings. The van der Waals surface area contributed by atoms with E-state index in [1.165, 1.54) is 17.7 Å². The van der Waals surface area contributed by atoms with Gasteiger partial charge in [0.1, 0.15) is 16.3 Å². The number of aromatic carboxylic acids is 1. The summed E-state index contributed by atoms with van der Waals surface area (Å²) in [7, 11) is 0. The van der Waals surface area contributed by atoms with Gasteiger partial charge in [-0.05, 0) is 11.6 Å². The Balaban J connectivity index is 2.23. The van der Waals surface area contributed by atoms with E-state index >= 15 is 0 Å². The van der Waals surface area contributed by atoms with Crippen LogP contribution in [0.25, 0.3) is 10.6 Å². The minimum absolute atomic E-state index is 0.209. The standard InChI is InChI=1S/C10H8N2O3S/c11-5-2-6-8(12-3-15-6)9-4(5)1-7(16-9)10(13)14/h1,3,5H,2,11H2,(H,13,14). The van der Waals surface area contributed by atoms with Gasteiger partial charge in [0.05, 0.1) is 4.88 Å². The molecule has 3 N–H and O–H groups in total. The number of carboxylic acids is 1. The van der Waals surface area contributed by atoms with Crippen LogP contribution in [-0.2, 0) is 6.42 Å². The molecule has 0 saturated heterocycles. The van der Waals surface area contributed by atoms with E-state index in [0.29, 0.717) is 6.42 Å². The molecule has 5 nitrogen and oxygen atoms in total. The maximum Gasteiger partial charge on any atom is 0.345 e. The van der Waals surface area contributed by atoms with E-state index in [9.17, 15) is 4.79 Å². The molecule has 0 bridgehead atoms. The predicted octanol–water partition coefficient (Wildman–Crippen LogP) is 1.66. The van der Waals surface area contributed by atoms with Crippen LogP contribution in [0.2, 0.25) is 0 Å². The average molecular weight is 236 g/mol. The number of carboxylic acid groups (broad SMARTS) is 1. The van der Waals surface area contributed by atoms with Crippen LogP contribution in [0, 0.1) is 0 Å². The first-order valence-electron chi connectivity index (χ1n) is 4.72. The number of thiophene rings is 1. The molecule has 0 aromatic carbocycles. The van der Waals surface area contributed by atoms with Crippen LogP contribution in [0.4, 0.5) is 0 Å². The Hall–Kier alpha value is -1.66. The molecule has 0 fully saturated rings. The quantitative estimate of drug-likeness (QED) is 0.785. The summed E-state index contributed by atoms with van der Waals surface area (Å²) in [5.41, 5.74) is 7.54. The fourth-order valence-corrected chi connectivity index (χ4v) is 2.97. The van der Waals surface area contributed by atoms with Crippen LogP contribution in [-0.4, -0.2) is 16.1 Å². The SMILES string of the molecule is NC1Cc2ocnc2-c2sc(C(=O)O)cc21. The topological polar surface area (TPSA) is 89.4 Å². The van der Waals surface area contributed by atoms with Crippen molar-refractivity contribution in [3.8, 4) is 10.6 Å². The van der Waals surface area contributed by atoms with Gasteiger partial charge in [0.2, 0.25) is 0 Å². The van der Waals surface area contributed by atoms with Crippen molar-refractivity contribution in [2.75, 3.05) is 0 Å². The summed E-state index contributed by atoms with van der Waals surface area (Å²) < 4.78 is 5.22. The summed E-state index contributed by atoms with van der Waals surface area (Å²) in [5.74, 6) is -0.199. The number of fused-ring (bicyclic) bond motifs is 3. The molecule has 0 aliphatic heterocycles. The number of carbonyl (C=O) groups is 1. The van der Waals surface area contributed by atoms with Crippen LogP contribution < -0.4 is 5.73 Å².